The number of hydrogen-bond acceptors (Lipinski definition) is 3. The lowest BCUT2D eigenvalue weighted by Crippen LogP contribution is -2.52. The first-order valence-electron chi connectivity index (χ1n) is 8.57. The maximum absolute atomic E-state index is 11.8. The molecule has 0 aromatic rings. The minimum Gasteiger partial charge on any atom is -0.348 e. The molecule has 1 saturated heterocycles. The van der Waals surface area contributed by atoms with E-state index < -0.39 is 0 Å². The third-order valence-corrected chi connectivity index (χ3v) is 5.39. The lowest BCUT2D eigenvalue weighted by molar-refractivity contribution is -0.130. The average molecular weight is 295 g/mol. The quantitative estimate of drug-likeness (QED) is 0.863. The molecular weight excluding hydrogens is 262 g/mol. The SMILES string of the molecule is CN(C)C(=O)CN1CCC(NC2CCCCC2(C)C)CC1. The van der Waals surface area contributed by atoms with Crippen LogP contribution < -0.4 is 5.32 Å². The van der Waals surface area contributed by atoms with Gasteiger partial charge in [0.1, 0.15) is 0 Å². The van der Waals surface area contributed by atoms with Gasteiger partial charge >= 0.3 is 0 Å². The van der Waals surface area contributed by atoms with Crippen molar-refractivity contribution in [2.24, 2.45) is 5.41 Å². The van der Waals surface area contributed by atoms with Gasteiger partial charge in [-0.05, 0) is 31.1 Å². The molecule has 0 spiro atoms. The Morgan fingerprint density at radius 3 is 2.43 bits per heavy atom. The summed E-state index contributed by atoms with van der Waals surface area (Å²) in [5.41, 5.74) is 0.441. The summed E-state index contributed by atoms with van der Waals surface area (Å²) in [5, 5.41) is 3.92. The van der Waals surface area contributed by atoms with Gasteiger partial charge in [-0.3, -0.25) is 9.69 Å². The van der Waals surface area contributed by atoms with Crippen LogP contribution in [0.1, 0.15) is 52.4 Å². The average Bonchev–Trinajstić information content (AvgIpc) is 2.43. The predicted octanol–water partition coefficient (Wildman–Crippen LogP) is 2.10. The zero-order valence-corrected chi connectivity index (χ0v) is 14.3. The summed E-state index contributed by atoms with van der Waals surface area (Å²) in [5.74, 6) is 0.217. The van der Waals surface area contributed by atoms with E-state index in [0.717, 1.165) is 13.1 Å². The third kappa shape index (κ3) is 4.68. The molecule has 2 rings (SSSR count). The van der Waals surface area contributed by atoms with Crippen molar-refractivity contribution in [2.45, 2.75) is 64.5 Å². The molecule has 4 heteroatoms. The van der Waals surface area contributed by atoms with Crippen molar-refractivity contribution < 1.29 is 4.79 Å². The van der Waals surface area contributed by atoms with Crippen LogP contribution in [0.15, 0.2) is 0 Å². The number of piperidine rings is 1. The van der Waals surface area contributed by atoms with E-state index in [2.05, 4.69) is 24.1 Å². The van der Waals surface area contributed by atoms with Crippen molar-refractivity contribution in [1.82, 2.24) is 15.1 Å². The Hall–Kier alpha value is -0.610. The Bertz CT molecular complexity index is 346. The minimum atomic E-state index is 0.217. The second-order valence-electron chi connectivity index (χ2n) is 7.79. The Kier molecular flexibility index (Phi) is 5.67. The largest absolute Gasteiger partial charge is 0.348 e. The smallest absolute Gasteiger partial charge is 0.236 e. The van der Waals surface area contributed by atoms with E-state index in [9.17, 15) is 4.79 Å². The molecule has 122 valence electrons. The molecular formula is C17H33N3O. The second-order valence-corrected chi connectivity index (χ2v) is 7.79. The monoisotopic (exact) mass is 295 g/mol. The van der Waals surface area contributed by atoms with Gasteiger partial charge in [0.15, 0.2) is 0 Å². The third-order valence-electron chi connectivity index (χ3n) is 5.39. The van der Waals surface area contributed by atoms with Crippen LogP contribution in [0.2, 0.25) is 0 Å². The molecule has 0 bridgehead atoms. The normalized spacial score (nSPS) is 27.5. The maximum Gasteiger partial charge on any atom is 0.236 e. The van der Waals surface area contributed by atoms with Gasteiger partial charge in [-0.1, -0.05) is 26.7 Å². The van der Waals surface area contributed by atoms with Gasteiger partial charge < -0.3 is 10.2 Å². The summed E-state index contributed by atoms with van der Waals surface area (Å²) in [4.78, 5) is 15.8. The fraction of sp³-hybridized carbons (Fsp3) is 0.941. The summed E-state index contributed by atoms with van der Waals surface area (Å²) in [7, 11) is 3.67. The highest BCUT2D eigenvalue weighted by Gasteiger charge is 2.34. The van der Waals surface area contributed by atoms with Gasteiger partial charge in [0.2, 0.25) is 5.91 Å². The van der Waals surface area contributed by atoms with Crippen LogP contribution in [0.25, 0.3) is 0 Å². The molecule has 1 aliphatic carbocycles. The predicted molar refractivity (Wildman–Crippen MR) is 87.3 cm³/mol. The van der Waals surface area contributed by atoms with Gasteiger partial charge in [-0.2, -0.15) is 0 Å². The zero-order valence-electron chi connectivity index (χ0n) is 14.3. The first-order chi connectivity index (χ1) is 9.88. The molecule has 0 aromatic heterocycles. The van der Waals surface area contributed by atoms with Crippen molar-refractivity contribution in [1.29, 1.82) is 0 Å². The zero-order chi connectivity index (χ0) is 15.5. The highest BCUT2D eigenvalue weighted by atomic mass is 16.2. The van der Waals surface area contributed by atoms with E-state index in [1.165, 1.54) is 38.5 Å². The van der Waals surface area contributed by atoms with Crippen LogP contribution in [0.4, 0.5) is 0 Å². The summed E-state index contributed by atoms with van der Waals surface area (Å²) >= 11 is 0. The molecule has 2 aliphatic rings. The topological polar surface area (TPSA) is 35.6 Å². The van der Waals surface area contributed by atoms with Crippen LogP contribution in [0.3, 0.4) is 0 Å². The van der Waals surface area contributed by atoms with Gasteiger partial charge in [0.25, 0.3) is 0 Å². The highest BCUT2D eigenvalue weighted by molar-refractivity contribution is 5.77. The van der Waals surface area contributed by atoms with E-state index in [1.807, 2.05) is 14.1 Å². The molecule has 4 nitrogen and oxygen atoms in total. The first-order valence-corrected chi connectivity index (χ1v) is 8.57. The van der Waals surface area contributed by atoms with Gasteiger partial charge in [-0.15, -0.1) is 0 Å². The molecule has 1 amide bonds. The lowest BCUT2D eigenvalue weighted by Gasteiger charge is -2.43. The summed E-state index contributed by atoms with van der Waals surface area (Å²) in [6, 6.07) is 1.31. The summed E-state index contributed by atoms with van der Waals surface area (Å²) in [6.45, 7) is 7.49. The second kappa shape index (κ2) is 7.10. The fourth-order valence-electron chi connectivity index (χ4n) is 3.68. The molecule has 0 radical (unpaired) electrons. The van der Waals surface area contributed by atoms with E-state index in [4.69, 9.17) is 0 Å². The summed E-state index contributed by atoms with van der Waals surface area (Å²) in [6.07, 6.45) is 7.78. The number of likely N-dealkylation sites (tertiary alicyclic amines) is 1. The molecule has 21 heavy (non-hydrogen) atoms. The van der Waals surface area contributed by atoms with Crippen molar-refractivity contribution in [3.63, 3.8) is 0 Å². The van der Waals surface area contributed by atoms with Crippen molar-refractivity contribution in [3.8, 4) is 0 Å². The molecule has 1 heterocycles. The van der Waals surface area contributed by atoms with E-state index in [0.29, 0.717) is 24.0 Å². The number of likely N-dealkylation sites (N-methyl/N-ethyl adjacent to an activating group) is 1. The van der Waals surface area contributed by atoms with Crippen LogP contribution in [0, 0.1) is 5.41 Å². The minimum absolute atomic E-state index is 0.217. The highest BCUT2D eigenvalue weighted by Crippen LogP contribution is 2.36. The van der Waals surface area contributed by atoms with Gasteiger partial charge in [0, 0.05) is 39.3 Å². The molecule has 1 aliphatic heterocycles. The standard InChI is InChI=1S/C17H33N3O/c1-17(2)10-6-5-7-15(17)18-14-8-11-20(12-9-14)13-16(21)19(3)4/h14-15,18H,5-13H2,1-4H3. The number of amides is 1. The molecule has 1 saturated carbocycles. The van der Waals surface area contributed by atoms with Crippen molar-refractivity contribution >= 4 is 5.91 Å². The number of carbonyl (C=O) groups excluding carboxylic acids is 1. The molecule has 2 fully saturated rings. The maximum atomic E-state index is 11.8. The van der Waals surface area contributed by atoms with E-state index >= 15 is 0 Å². The fourth-order valence-corrected chi connectivity index (χ4v) is 3.68. The molecule has 0 aromatic carbocycles. The number of nitrogens with zero attached hydrogens (tertiary/aromatic N) is 2. The Morgan fingerprint density at radius 1 is 1.19 bits per heavy atom. The van der Waals surface area contributed by atoms with Crippen molar-refractivity contribution in [2.75, 3.05) is 33.7 Å². The van der Waals surface area contributed by atoms with Crippen LogP contribution >= 0.6 is 0 Å². The first kappa shape index (κ1) is 16.8. The van der Waals surface area contributed by atoms with Crippen molar-refractivity contribution in [3.05, 3.63) is 0 Å². The molecule has 1 N–H and O–H groups in total. The van der Waals surface area contributed by atoms with E-state index in [-0.39, 0.29) is 5.91 Å². The van der Waals surface area contributed by atoms with Crippen LogP contribution in [-0.4, -0.2) is 61.5 Å². The van der Waals surface area contributed by atoms with Gasteiger partial charge in [-0.25, -0.2) is 0 Å². The number of carbonyl (C=O) groups is 1. The van der Waals surface area contributed by atoms with Crippen LogP contribution in [0.5, 0.6) is 0 Å². The van der Waals surface area contributed by atoms with Gasteiger partial charge in [0.05, 0.1) is 6.54 Å². The Labute approximate surface area is 130 Å². The summed E-state index contributed by atoms with van der Waals surface area (Å²) < 4.78 is 0. The van der Waals surface area contributed by atoms with E-state index in [1.54, 1.807) is 4.90 Å². The number of nitrogens with one attached hydrogen (secondary N) is 1. The number of rotatable bonds is 4. The molecule has 1 atom stereocenters. The lowest BCUT2D eigenvalue weighted by atomic mass is 9.73. The van der Waals surface area contributed by atoms with Crippen LogP contribution in [-0.2, 0) is 4.79 Å². The molecule has 1 unspecified atom stereocenters. The number of hydrogen-bond donors (Lipinski definition) is 1. The Balaban J connectivity index is 1.75. The Morgan fingerprint density at radius 2 is 1.86 bits per heavy atom.